The SMILES string of the molecule is Cc1cccc(C)c1-c1cccc2c1oc1c(C)cccc12. The molecule has 0 spiro atoms. The third kappa shape index (κ3) is 1.79. The van der Waals surface area contributed by atoms with Gasteiger partial charge in [-0.25, -0.2) is 0 Å². The summed E-state index contributed by atoms with van der Waals surface area (Å²) < 4.78 is 6.28. The van der Waals surface area contributed by atoms with E-state index >= 15 is 0 Å². The second-order valence-electron chi connectivity index (χ2n) is 6.00. The maximum absolute atomic E-state index is 6.28. The fourth-order valence-electron chi connectivity index (χ4n) is 3.40. The highest BCUT2D eigenvalue weighted by molar-refractivity contribution is 6.10. The van der Waals surface area contributed by atoms with Gasteiger partial charge in [-0.1, -0.05) is 54.6 Å². The Bertz CT molecular complexity index is 985. The molecule has 0 aliphatic rings. The van der Waals surface area contributed by atoms with Crippen LogP contribution in [0.25, 0.3) is 33.1 Å². The van der Waals surface area contributed by atoms with Crippen molar-refractivity contribution in [2.24, 2.45) is 0 Å². The molecule has 0 radical (unpaired) electrons. The van der Waals surface area contributed by atoms with Crippen LogP contribution in [0.5, 0.6) is 0 Å². The molecule has 0 atom stereocenters. The third-order valence-electron chi connectivity index (χ3n) is 4.47. The van der Waals surface area contributed by atoms with Gasteiger partial charge in [0.2, 0.25) is 0 Å². The largest absolute Gasteiger partial charge is 0.455 e. The Balaban J connectivity index is 2.16. The van der Waals surface area contributed by atoms with Crippen LogP contribution in [0.3, 0.4) is 0 Å². The van der Waals surface area contributed by atoms with E-state index in [1.54, 1.807) is 0 Å². The molecule has 0 N–H and O–H groups in total. The van der Waals surface area contributed by atoms with Crippen molar-refractivity contribution in [3.63, 3.8) is 0 Å². The van der Waals surface area contributed by atoms with Gasteiger partial charge < -0.3 is 4.42 Å². The van der Waals surface area contributed by atoms with Crippen LogP contribution in [0.2, 0.25) is 0 Å². The van der Waals surface area contributed by atoms with Crippen LogP contribution >= 0.6 is 0 Å². The average molecular weight is 286 g/mol. The minimum atomic E-state index is 0.990. The maximum Gasteiger partial charge on any atom is 0.143 e. The van der Waals surface area contributed by atoms with E-state index < -0.39 is 0 Å². The van der Waals surface area contributed by atoms with Gasteiger partial charge in [0.15, 0.2) is 0 Å². The zero-order valence-corrected chi connectivity index (χ0v) is 13.1. The summed E-state index contributed by atoms with van der Waals surface area (Å²) in [4.78, 5) is 0. The number of para-hydroxylation sites is 2. The molecule has 0 saturated carbocycles. The summed E-state index contributed by atoms with van der Waals surface area (Å²) in [6.07, 6.45) is 0. The lowest BCUT2D eigenvalue weighted by Crippen LogP contribution is -1.88. The highest BCUT2D eigenvalue weighted by Crippen LogP contribution is 2.38. The van der Waals surface area contributed by atoms with Crippen LogP contribution in [-0.2, 0) is 0 Å². The average Bonchev–Trinajstić information content (AvgIpc) is 2.88. The molecule has 1 heterocycles. The van der Waals surface area contributed by atoms with Gasteiger partial charge in [0.25, 0.3) is 0 Å². The van der Waals surface area contributed by atoms with Crippen molar-refractivity contribution < 1.29 is 4.42 Å². The molecule has 4 rings (SSSR count). The Morgan fingerprint density at radius 1 is 0.591 bits per heavy atom. The molecular weight excluding hydrogens is 268 g/mol. The number of benzene rings is 3. The standard InChI is InChI=1S/C21H18O/c1-13-7-4-8-14(2)19(13)18-12-6-11-17-16-10-5-9-15(3)20(16)22-21(17)18/h4-12H,1-3H3. The molecule has 0 aliphatic heterocycles. The molecule has 0 amide bonds. The lowest BCUT2D eigenvalue weighted by molar-refractivity contribution is 0.667. The first-order valence-corrected chi connectivity index (χ1v) is 7.64. The number of hydrogen-bond acceptors (Lipinski definition) is 1. The number of hydrogen-bond donors (Lipinski definition) is 0. The van der Waals surface area contributed by atoms with Crippen LogP contribution in [-0.4, -0.2) is 0 Å². The van der Waals surface area contributed by atoms with Crippen molar-refractivity contribution in [1.82, 2.24) is 0 Å². The molecule has 1 aromatic heterocycles. The van der Waals surface area contributed by atoms with Crippen LogP contribution in [0.4, 0.5) is 0 Å². The van der Waals surface area contributed by atoms with Crippen molar-refractivity contribution >= 4 is 21.9 Å². The number of furan rings is 1. The van der Waals surface area contributed by atoms with Gasteiger partial charge in [-0.05, 0) is 43.0 Å². The van der Waals surface area contributed by atoms with Crippen LogP contribution < -0.4 is 0 Å². The van der Waals surface area contributed by atoms with Crippen molar-refractivity contribution in [2.75, 3.05) is 0 Å². The van der Waals surface area contributed by atoms with Gasteiger partial charge in [0.1, 0.15) is 11.2 Å². The summed E-state index contributed by atoms with van der Waals surface area (Å²) in [5, 5.41) is 2.39. The Morgan fingerprint density at radius 3 is 1.86 bits per heavy atom. The van der Waals surface area contributed by atoms with Crippen molar-refractivity contribution in [3.05, 3.63) is 71.3 Å². The molecule has 1 heteroatoms. The quantitative estimate of drug-likeness (QED) is 0.407. The van der Waals surface area contributed by atoms with Gasteiger partial charge in [-0.15, -0.1) is 0 Å². The number of aryl methyl sites for hydroxylation is 3. The second-order valence-corrected chi connectivity index (χ2v) is 6.00. The van der Waals surface area contributed by atoms with E-state index in [1.807, 2.05) is 0 Å². The van der Waals surface area contributed by atoms with Gasteiger partial charge >= 0.3 is 0 Å². The summed E-state index contributed by atoms with van der Waals surface area (Å²) in [6.45, 7) is 6.42. The molecule has 0 bridgehead atoms. The summed E-state index contributed by atoms with van der Waals surface area (Å²) in [5.41, 5.74) is 8.20. The van der Waals surface area contributed by atoms with E-state index in [1.165, 1.54) is 38.6 Å². The number of rotatable bonds is 1. The Kier molecular flexibility index (Phi) is 2.83. The van der Waals surface area contributed by atoms with E-state index in [-0.39, 0.29) is 0 Å². The summed E-state index contributed by atoms with van der Waals surface area (Å²) in [7, 11) is 0. The monoisotopic (exact) mass is 286 g/mol. The zero-order valence-electron chi connectivity index (χ0n) is 13.1. The summed E-state index contributed by atoms with van der Waals surface area (Å²) in [5.74, 6) is 0. The van der Waals surface area contributed by atoms with Crippen molar-refractivity contribution in [1.29, 1.82) is 0 Å². The minimum absolute atomic E-state index is 0.990. The van der Waals surface area contributed by atoms with Crippen LogP contribution in [0, 0.1) is 20.8 Å². The topological polar surface area (TPSA) is 13.1 Å². The highest BCUT2D eigenvalue weighted by atomic mass is 16.3. The third-order valence-corrected chi connectivity index (χ3v) is 4.47. The number of fused-ring (bicyclic) bond motifs is 3. The van der Waals surface area contributed by atoms with Gasteiger partial charge in [-0.3, -0.25) is 0 Å². The van der Waals surface area contributed by atoms with E-state index in [2.05, 4.69) is 75.4 Å². The first kappa shape index (κ1) is 13.1. The molecule has 0 saturated heterocycles. The summed E-state index contributed by atoms with van der Waals surface area (Å²) >= 11 is 0. The second kappa shape index (κ2) is 4.74. The van der Waals surface area contributed by atoms with E-state index in [0.29, 0.717) is 0 Å². The lowest BCUT2D eigenvalue weighted by Gasteiger charge is -2.10. The first-order chi connectivity index (χ1) is 10.7. The molecule has 108 valence electrons. The van der Waals surface area contributed by atoms with E-state index in [0.717, 1.165) is 11.2 Å². The normalized spacial score (nSPS) is 11.4. The molecular formula is C21H18O. The molecule has 3 aromatic carbocycles. The van der Waals surface area contributed by atoms with Gasteiger partial charge in [-0.2, -0.15) is 0 Å². The lowest BCUT2D eigenvalue weighted by atomic mass is 9.94. The predicted octanol–water partition coefficient (Wildman–Crippen LogP) is 6.18. The fourth-order valence-corrected chi connectivity index (χ4v) is 3.40. The Hall–Kier alpha value is -2.54. The molecule has 0 aliphatic carbocycles. The molecule has 4 aromatic rings. The molecule has 0 fully saturated rings. The molecule has 22 heavy (non-hydrogen) atoms. The van der Waals surface area contributed by atoms with Gasteiger partial charge in [0, 0.05) is 16.3 Å². The maximum atomic E-state index is 6.28. The van der Waals surface area contributed by atoms with E-state index in [9.17, 15) is 0 Å². The molecule has 1 nitrogen and oxygen atoms in total. The molecule has 0 unspecified atom stereocenters. The van der Waals surface area contributed by atoms with Crippen molar-refractivity contribution in [2.45, 2.75) is 20.8 Å². The van der Waals surface area contributed by atoms with Gasteiger partial charge in [0.05, 0.1) is 0 Å². The predicted molar refractivity (Wildman–Crippen MR) is 93.4 cm³/mol. The Labute approximate surface area is 130 Å². The minimum Gasteiger partial charge on any atom is -0.455 e. The van der Waals surface area contributed by atoms with Crippen LogP contribution in [0.1, 0.15) is 16.7 Å². The Morgan fingerprint density at radius 2 is 1.14 bits per heavy atom. The fraction of sp³-hybridized carbons (Fsp3) is 0.143. The van der Waals surface area contributed by atoms with Crippen LogP contribution in [0.15, 0.2) is 59.0 Å². The highest BCUT2D eigenvalue weighted by Gasteiger charge is 2.15. The first-order valence-electron chi connectivity index (χ1n) is 7.64. The van der Waals surface area contributed by atoms with E-state index in [4.69, 9.17) is 4.42 Å². The smallest absolute Gasteiger partial charge is 0.143 e. The zero-order chi connectivity index (χ0) is 15.3. The van der Waals surface area contributed by atoms with Crippen molar-refractivity contribution in [3.8, 4) is 11.1 Å². The summed E-state index contributed by atoms with van der Waals surface area (Å²) in [6, 6.07) is 19.2.